The smallest absolute Gasteiger partial charge is 0.330 e. The van der Waals surface area contributed by atoms with Crippen molar-refractivity contribution in [1.82, 2.24) is 14.5 Å². The maximum absolute atomic E-state index is 11.9. The highest BCUT2D eigenvalue weighted by Crippen LogP contribution is 2.17. The summed E-state index contributed by atoms with van der Waals surface area (Å²) in [4.78, 5) is 38.7. The second-order valence-electron chi connectivity index (χ2n) is 4.92. The third-order valence-corrected chi connectivity index (χ3v) is 3.53. The van der Waals surface area contributed by atoms with Crippen LogP contribution < -0.4 is 22.3 Å². The van der Waals surface area contributed by atoms with E-state index in [4.69, 9.17) is 5.73 Å². The topological polar surface area (TPSA) is 113 Å². The Balaban J connectivity index is 2.28. The molecule has 1 aromatic rings. The van der Waals surface area contributed by atoms with Crippen molar-refractivity contribution in [3.8, 4) is 0 Å². The lowest BCUT2D eigenvalue weighted by Crippen LogP contribution is -2.45. The molecule has 0 aromatic carbocycles. The van der Waals surface area contributed by atoms with E-state index in [9.17, 15) is 14.4 Å². The lowest BCUT2D eigenvalue weighted by Gasteiger charge is -2.30. The van der Waals surface area contributed by atoms with E-state index in [1.54, 1.807) is 18.9 Å². The Morgan fingerprint density at radius 2 is 2.10 bits per heavy atom. The van der Waals surface area contributed by atoms with Gasteiger partial charge >= 0.3 is 5.69 Å². The van der Waals surface area contributed by atoms with Crippen molar-refractivity contribution >= 4 is 17.4 Å². The molecule has 0 aliphatic carbocycles. The molecule has 110 valence electrons. The van der Waals surface area contributed by atoms with Gasteiger partial charge in [0.2, 0.25) is 5.91 Å². The second kappa shape index (κ2) is 5.40. The Morgan fingerprint density at radius 3 is 2.70 bits per heavy atom. The fourth-order valence-electron chi connectivity index (χ4n) is 2.38. The molecule has 1 atom stereocenters. The van der Waals surface area contributed by atoms with Crippen LogP contribution in [0.25, 0.3) is 0 Å². The van der Waals surface area contributed by atoms with Gasteiger partial charge in [0.15, 0.2) is 0 Å². The lowest BCUT2D eigenvalue weighted by molar-refractivity contribution is -0.132. The number of amides is 1. The second-order valence-corrected chi connectivity index (χ2v) is 4.92. The Hall–Kier alpha value is -2.25. The summed E-state index contributed by atoms with van der Waals surface area (Å²) < 4.78 is 1.29. The minimum atomic E-state index is -0.531. The fraction of sp³-hybridized carbons (Fsp3) is 0.583. The number of nitrogens with zero attached hydrogens (tertiary/aromatic N) is 2. The van der Waals surface area contributed by atoms with E-state index in [1.807, 2.05) is 0 Å². The van der Waals surface area contributed by atoms with Gasteiger partial charge in [0.25, 0.3) is 5.56 Å². The molecule has 0 spiro atoms. The van der Waals surface area contributed by atoms with Crippen LogP contribution in [0, 0.1) is 0 Å². The van der Waals surface area contributed by atoms with Crippen molar-refractivity contribution in [3.63, 3.8) is 0 Å². The average Bonchev–Trinajstić information content (AvgIpc) is 2.39. The number of nitrogens with one attached hydrogen (secondary N) is 2. The van der Waals surface area contributed by atoms with Crippen LogP contribution in [0.4, 0.5) is 11.5 Å². The quantitative estimate of drug-likeness (QED) is 0.669. The standard InChI is InChI=1S/C12H19N5O3/c1-3-17-10(13)9(11(19)15-12(17)20)14-7-4-5-8(18)16(2)6-7/h7,14H,3-6,13H2,1-2H3,(H,15,19,20). The van der Waals surface area contributed by atoms with Crippen molar-refractivity contribution in [3.05, 3.63) is 20.8 Å². The Bertz CT molecular complexity index is 633. The van der Waals surface area contributed by atoms with Gasteiger partial charge in [-0.3, -0.25) is 19.1 Å². The van der Waals surface area contributed by atoms with Crippen molar-refractivity contribution in [2.75, 3.05) is 24.6 Å². The first-order chi connectivity index (χ1) is 9.43. The number of H-pyrrole nitrogens is 1. The van der Waals surface area contributed by atoms with Crippen LogP contribution in [0.5, 0.6) is 0 Å². The Morgan fingerprint density at radius 1 is 1.40 bits per heavy atom. The zero-order valence-corrected chi connectivity index (χ0v) is 11.6. The zero-order valence-electron chi connectivity index (χ0n) is 11.6. The summed E-state index contributed by atoms with van der Waals surface area (Å²) in [6.45, 7) is 2.65. The van der Waals surface area contributed by atoms with Gasteiger partial charge in [0, 0.05) is 32.6 Å². The summed E-state index contributed by atoms with van der Waals surface area (Å²) in [5, 5.41) is 3.05. The van der Waals surface area contributed by atoms with Gasteiger partial charge in [-0.1, -0.05) is 0 Å². The first-order valence-corrected chi connectivity index (χ1v) is 6.57. The Kier molecular flexibility index (Phi) is 3.82. The highest BCUT2D eigenvalue weighted by atomic mass is 16.2. The minimum Gasteiger partial charge on any atom is -0.383 e. The zero-order chi connectivity index (χ0) is 14.9. The van der Waals surface area contributed by atoms with Gasteiger partial charge in [-0.2, -0.15) is 0 Å². The van der Waals surface area contributed by atoms with E-state index in [0.29, 0.717) is 25.9 Å². The summed E-state index contributed by atoms with van der Waals surface area (Å²) in [5.41, 5.74) is 5.02. The number of anilines is 2. The molecule has 2 heterocycles. The molecular formula is C12H19N5O3. The molecule has 1 fully saturated rings. The van der Waals surface area contributed by atoms with Gasteiger partial charge in [0.1, 0.15) is 11.5 Å². The van der Waals surface area contributed by atoms with Gasteiger partial charge < -0.3 is 16.0 Å². The third-order valence-electron chi connectivity index (χ3n) is 3.53. The van der Waals surface area contributed by atoms with Crippen LogP contribution in [0.2, 0.25) is 0 Å². The van der Waals surface area contributed by atoms with Crippen molar-refractivity contribution in [1.29, 1.82) is 0 Å². The number of nitrogens with two attached hydrogens (primary N) is 1. The predicted octanol–water partition coefficient (Wildman–Crippen LogP) is -0.829. The number of likely N-dealkylation sites (N-methyl/N-ethyl adjacent to an activating group) is 1. The summed E-state index contributed by atoms with van der Waals surface area (Å²) in [6.07, 6.45) is 1.06. The van der Waals surface area contributed by atoms with Crippen LogP contribution in [0.15, 0.2) is 9.59 Å². The van der Waals surface area contributed by atoms with Crippen LogP contribution in [-0.2, 0) is 11.3 Å². The number of piperidine rings is 1. The van der Waals surface area contributed by atoms with E-state index >= 15 is 0 Å². The normalized spacial score (nSPS) is 19.2. The summed E-state index contributed by atoms with van der Waals surface area (Å²) in [5.74, 6) is 0.212. The number of carbonyl (C=O) groups excluding carboxylic acids is 1. The predicted molar refractivity (Wildman–Crippen MR) is 75.7 cm³/mol. The maximum Gasteiger partial charge on any atom is 0.330 e. The number of hydrogen-bond donors (Lipinski definition) is 3. The van der Waals surface area contributed by atoms with E-state index in [0.717, 1.165) is 0 Å². The molecule has 8 nitrogen and oxygen atoms in total. The van der Waals surface area contributed by atoms with Crippen LogP contribution in [0.1, 0.15) is 19.8 Å². The molecule has 1 amide bonds. The van der Waals surface area contributed by atoms with E-state index < -0.39 is 11.2 Å². The number of aromatic amines is 1. The number of rotatable bonds is 3. The fourth-order valence-corrected chi connectivity index (χ4v) is 2.38. The molecular weight excluding hydrogens is 262 g/mol. The van der Waals surface area contributed by atoms with Gasteiger partial charge in [-0.15, -0.1) is 0 Å². The number of aromatic nitrogens is 2. The van der Waals surface area contributed by atoms with Crippen LogP contribution in [-0.4, -0.2) is 40.0 Å². The largest absolute Gasteiger partial charge is 0.383 e. The highest BCUT2D eigenvalue weighted by Gasteiger charge is 2.24. The number of likely N-dealkylation sites (tertiary alicyclic amines) is 1. The summed E-state index contributed by atoms with van der Waals surface area (Å²) in [6, 6.07) is -0.0519. The van der Waals surface area contributed by atoms with Gasteiger partial charge in [0.05, 0.1) is 0 Å². The SMILES string of the molecule is CCn1c(N)c(NC2CCC(=O)N(C)C2)c(=O)[nH]c1=O. The van der Waals surface area contributed by atoms with Gasteiger partial charge in [-0.05, 0) is 13.3 Å². The van der Waals surface area contributed by atoms with Crippen LogP contribution >= 0.6 is 0 Å². The lowest BCUT2D eigenvalue weighted by atomic mass is 10.1. The molecule has 20 heavy (non-hydrogen) atoms. The summed E-state index contributed by atoms with van der Waals surface area (Å²) in [7, 11) is 1.72. The molecule has 4 N–H and O–H groups in total. The molecule has 2 rings (SSSR count). The Labute approximate surface area is 115 Å². The third kappa shape index (κ3) is 2.54. The number of hydrogen-bond acceptors (Lipinski definition) is 5. The maximum atomic E-state index is 11.9. The highest BCUT2D eigenvalue weighted by molar-refractivity contribution is 5.77. The van der Waals surface area contributed by atoms with E-state index in [2.05, 4.69) is 10.3 Å². The number of carbonyl (C=O) groups is 1. The molecule has 0 radical (unpaired) electrons. The van der Waals surface area contributed by atoms with E-state index in [1.165, 1.54) is 4.57 Å². The number of nitrogen functional groups attached to an aromatic ring is 1. The molecule has 8 heteroatoms. The van der Waals surface area contributed by atoms with E-state index in [-0.39, 0.29) is 23.5 Å². The van der Waals surface area contributed by atoms with Crippen LogP contribution in [0.3, 0.4) is 0 Å². The molecule has 1 aliphatic rings. The first kappa shape index (κ1) is 14.2. The molecule has 1 unspecified atom stereocenters. The molecule has 1 aromatic heterocycles. The van der Waals surface area contributed by atoms with Crippen molar-refractivity contribution in [2.45, 2.75) is 32.4 Å². The molecule has 1 saturated heterocycles. The minimum absolute atomic E-state index is 0.0519. The molecule has 0 saturated carbocycles. The average molecular weight is 281 g/mol. The molecule has 0 bridgehead atoms. The monoisotopic (exact) mass is 281 g/mol. The van der Waals surface area contributed by atoms with Gasteiger partial charge in [-0.25, -0.2) is 4.79 Å². The van der Waals surface area contributed by atoms with Crippen molar-refractivity contribution < 1.29 is 4.79 Å². The van der Waals surface area contributed by atoms with Crippen molar-refractivity contribution in [2.24, 2.45) is 0 Å². The molecule has 1 aliphatic heterocycles. The summed E-state index contributed by atoms with van der Waals surface area (Å²) >= 11 is 0. The first-order valence-electron chi connectivity index (χ1n) is 6.57.